The van der Waals surface area contributed by atoms with Gasteiger partial charge in [-0.15, -0.1) is 0 Å². The van der Waals surface area contributed by atoms with E-state index in [0.29, 0.717) is 24.9 Å². The number of ether oxygens (including phenoxy) is 1. The number of carboxylic acids is 1. The molecule has 0 radical (unpaired) electrons. The number of aliphatic carboxylic acids is 1. The summed E-state index contributed by atoms with van der Waals surface area (Å²) in [5.74, 6) is -1.70. The number of amides is 2. The van der Waals surface area contributed by atoms with Crippen LogP contribution in [0.1, 0.15) is 75.1 Å². The van der Waals surface area contributed by atoms with Crippen LogP contribution < -0.4 is 16.1 Å². The molecule has 0 aromatic heterocycles. The Kier molecular flexibility index (Phi) is 15.9. The number of methoxy groups -OCH3 is 1. The number of likely N-dealkylation sites (N-methyl/N-ethyl adjacent to an activating group) is 1. The minimum Gasteiger partial charge on any atom is -0.508 e. The Labute approximate surface area is 290 Å². The molecule has 5 N–H and O–H groups in total. The second-order valence-electron chi connectivity index (χ2n) is 13.2. The van der Waals surface area contributed by atoms with E-state index in [1.54, 1.807) is 26.3 Å². The van der Waals surface area contributed by atoms with E-state index in [0.717, 1.165) is 19.1 Å². The number of nitrogens with one attached hydrogen (secondary N) is 3. The summed E-state index contributed by atoms with van der Waals surface area (Å²) in [6, 6.07) is 11.0. The van der Waals surface area contributed by atoms with Crippen molar-refractivity contribution in [2.24, 2.45) is 11.8 Å². The van der Waals surface area contributed by atoms with Crippen LogP contribution in [0.2, 0.25) is 0 Å². The van der Waals surface area contributed by atoms with Gasteiger partial charge in [-0.05, 0) is 92.3 Å². The topological polar surface area (TPSA) is 157 Å². The van der Waals surface area contributed by atoms with E-state index in [1.807, 2.05) is 20.8 Å². The molecular weight excluding hydrogens is 624 g/mol. The number of nitrogens with zero attached hydrogens (tertiary/aromatic N) is 1. The maximum atomic E-state index is 13.1. The van der Waals surface area contributed by atoms with Gasteiger partial charge < -0.3 is 30.4 Å². The molecule has 1 saturated heterocycles. The smallest absolute Gasteiger partial charge is 0.322 e. The molecule has 5 unspecified atom stereocenters. The van der Waals surface area contributed by atoms with Gasteiger partial charge >= 0.3 is 5.97 Å². The zero-order valence-corrected chi connectivity index (χ0v) is 29.5. The molecule has 1 heterocycles. The largest absolute Gasteiger partial charge is 0.508 e. The Morgan fingerprint density at radius 3 is 2.49 bits per heavy atom. The fourth-order valence-electron chi connectivity index (χ4n) is 6.32. The molecule has 0 bridgehead atoms. The van der Waals surface area contributed by atoms with E-state index in [-0.39, 0.29) is 36.0 Å². The first-order valence-corrected chi connectivity index (χ1v) is 17.3. The van der Waals surface area contributed by atoms with Crippen LogP contribution in [-0.2, 0) is 43.2 Å². The third kappa shape index (κ3) is 12.1. The van der Waals surface area contributed by atoms with Crippen LogP contribution in [0.4, 0.5) is 0 Å². The first-order chi connectivity index (χ1) is 23.5. The highest BCUT2D eigenvalue weighted by Crippen LogP contribution is 2.23. The molecule has 4 rings (SSSR count). The van der Waals surface area contributed by atoms with Crippen molar-refractivity contribution < 1.29 is 34.1 Å². The molecule has 0 saturated carbocycles. The summed E-state index contributed by atoms with van der Waals surface area (Å²) in [5.41, 5.74) is 7.73. The number of aromatic hydroxyl groups is 1. The van der Waals surface area contributed by atoms with Crippen molar-refractivity contribution >= 4 is 30.1 Å². The first kappa shape index (κ1) is 39.4. The predicted molar refractivity (Wildman–Crippen MR) is 190 cm³/mol. The highest BCUT2D eigenvalue weighted by Gasteiger charge is 2.33. The van der Waals surface area contributed by atoms with Crippen molar-refractivity contribution in [1.82, 2.24) is 21.1 Å². The van der Waals surface area contributed by atoms with Crippen molar-refractivity contribution in [3.05, 3.63) is 70.8 Å². The molecule has 0 spiro atoms. The Hall–Kier alpha value is -4.06. The number of hydrogen-bond donors (Lipinski definition) is 5. The van der Waals surface area contributed by atoms with Crippen molar-refractivity contribution in [1.29, 1.82) is 0 Å². The van der Waals surface area contributed by atoms with Gasteiger partial charge in [0, 0.05) is 26.0 Å². The number of allylic oxidation sites excluding steroid dienone is 1. The molecule has 5 atom stereocenters. The van der Waals surface area contributed by atoms with Crippen LogP contribution in [0.25, 0.3) is 6.08 Å². The quantitative estimate of drug-likeness (QED) is 0.175. The number of aldehydes is 1. The Bertz CT molecular complexity index is 1430. The van der Waals surface area contributed by atoms with Crippen LogP contribution in [0.15, 0.2) is 48.5 Å². The number of carboxylic acid groups (broad SMARTS) is 1. The molecule has 2 aromatic rings. The van der Waals surface area contributed by atoms with Gasteiger partial charge in [0.2, 0.25) is 5.91 Å². The molecule has 11 heteroatoms. The Morgan fingerprint density at radius 2 is 1.84 bits per heavy atom. The van der Waals surface area contributed by atoms with E-state index < -0.39 is 30.0 Å². The SMILES string of the molecule is CNC(C(=O)NC(Cc1cccc(O)c1)C(=O)N1CCCC(C(=O)O)N1)C(C)C.COC(CC/C=C/c1ccc2c(c1)CCC2)C(C)C=O. The molecule has 2 aromatic carbocycles. The highest BCUT2D eigenvalue weighted by atomic mass is 16.5. The highest BCUT2D eigenvalue weighted by molar-refractivity contribution is 5.90. The van der Waals surface area contributed by atoms with E-state index in [1.165, 1.54) is 53.1 Å². The molecule has 268 valence electrons. The van der Waals surface area contributed by atoms with Crippen LogP contribution in [0.3, 0.4) is 0 Å². The lowest BCUT2D eigenvalue weighted by Gasteiger charge is -2.35. The number of aryl methyl sites for hydroxylation is 2. The lowest BCUT2D eigenvalue weighted by Crippen LogP contribution is -2.61. The van der Waals surface area contributed by atoms with E-state index in [4.69, 9.17) is 4.74 Å². The van der Waals surface area contributed by atoms with Crippen LogP contribution in [0, 0.1) is 11.8 Å². The number of benzene rings is 2. The van der Waals surface area contributed by atoms with Crippen molar-refractivity contribution in [3.8, 4) is 5.75 Å². The normalized spacial score (nSPS) is 18.2. The number of hydrazine groups is 1. The third-order valence-electron chi connectivity index (χ3n) is 9.13. The average Bonchev–Trinajstić information content (AvgIpc) is 3.56. The van der Waals surface area contributed by atoms with Gasteiger partial charge in [-0.3, -0.25) is 19.4 Å². The van der Waals surface area contributed by atoms with Crippen molar-refractivity contribution in [3.63, 3.8) is 0 Å². The number of fused-ring (bicyclic) bond motifs is 1. The van der Waals surface area contributed by atoms with Gasteiger partial charge in [-0.1, -0.05) is 63.3 Å². The maximum Gasteiger partial charge on any atom is 0.322 e. The van der Waals surface area contributed by atoms with Gasteiger partial charge in [-0.2, -0.15) is 0 Å². The van der Waals surface area contributed by atoms with Crippen LogP contribution >= 0.6 is 0 Å². The molecule has 1 aliphatic carbocycles. The summed E-state index contributed by atoms with van der Waals surface area (Å²) in [5, 5.41) is 26.0. The lowest BCUT2D eigenvalue weighted by molar-refractivity contribution is -0.148. The second kappa shape index (κ2) is 19.8. The summed E-state index contributed by atoms with van der Waals surface area (Å²) < 4.78 is 5.35. The van der Waals surface area contributed by atoms with Gasteiger partial charge in [0.15, 0.2) is 0 Å². The number of phenols is 1. The minimum absolute atomic E-state index is 0.0148. The van der Waals surface area contributed by atoms with Crippen molar-refractivity contribution in [2.45, 2.75) is 96.4 Å². The number of carbonyl (C=O) groups is 4. The molecule has 2 aliphatic rings. The summed E-state index contributed by atoms with van der Waals surface area (Å²) in [7, 11) is 3.36. The summed E-state index contributed by atoms with van der Waals surface area (Å²) in [6.07, 6.45) is 12.1. The van der Waals surface area contributed by atoms with Crippen LogP contribution in [-0.4, -0.2) is 84.2 Å². The van der Waals surface area contributed by atoms with Gasteiger partial charge in [-0.25, -0.2) is 5.43 Å². The second-order valence-corrected chi connectivity index (χ2v) is 13.2. The first-order valence-electron chi connectivity index (χ1n) is 17.3. The average molecular weight is 679 g/mol. The minimum atomic E-state index is -1.02. The summed E-state index contributed by atoms with van der Waals surface area (Å²) in [4.78, 5) is 47.9. The maximum absolute atomic E-state index is 13.1. The summed E-state index contributed by atoms with van der Waals surface area (Å²) >= 11 is 0. The predicted octanol–water partition coefficient (Wildman–Crippen LogP) is 4.06. The zero-order valence-electron chi connectivity index (χ0n) is 29.5. The zero-order chi connectivity index (χ0) is 35.9. The van der Waals surface area contributed by atoms with Crippen LogP contribution in [0.5, 0.6) is 5.75 Å². The fourth-order valence-corrected chi connectivity index (χ4v) is 6.32. The lowest BCUT2D eigenvalue weighted by atomic mass is 10.0. The fraction of sp³-hybridized carbons (Fsp3) is 0.526. The van der Waals surface area contributed by atoms with Crippen molar-refractivity contribution in [2.75, 3.05) is 20.7 Å². The molecule has 1 aliphatic heterocycles. The molecule has 1 fully saturated rings. The number of rotatable bonds is 15. The van der Waals surface area contributed by atoms with E-state index in [9.17, 15) is 29.4 Å². The molecular formula is C38H54N4O7. The standard InChI is InChI=1S/C20H30N4O5.C18H24O2/c1-12(2)17(21-3)18(26)22-16(11-13-6-4-7-14(25)10-13)19(27)24-9-5-8-15(23-24)20(28)29;1-14(13-19)18(20-2)9-4-3-6-15-10-11-16-7-5-8-17(16)12-15/h4,6-7,10,12,15-17,21,23,25H,5,8-9,11H2,1-3H3,(H,22,26)(H,28,29);3,6,10-14,18H,4-5,7-9H2,1-2H3/b;6-3+. The molecule has 2 amide bonds. The van der Waals surface area contributed by atoms with Gasteiger partial charge in [0.25, 0.3) is 5.91 Å². The van der Waals surface area contributed by atoms with E-state index >= 15 is 0 Å². The number of hydrogen-bond acceptors (Lipinski definition) is 8. The third-order valence-corrected chi connectivity index (χ3v) is 9.13. The number of carbonyl (C=O) groups excluding carboxylic acids is 3. The number of phenolic OH excluding ortho intramolecular Hbond substituents is 1. The molecule has 11 nitrogen and oxygen atoms in total. The van der Waals surface area contributed by atoms with Gasteiger partial charge in [0.1, 0.15) is 24.1 Å². The molecule has 49 heavy (non-hydrogen) atoms. The summed E-state index contributed by atoms with van der Waals surface area (Å²) in [6.45, 7) is 6.06. The Balaban J connectivity index is 0.000000284. The van der Waals surface area contributed by atoms with Gasteiger partial charge in [0.05, 0.1) is 12.1 Å². The monoisotopic (exact) mass is 678 g/mol. The van der Waals surface area contributed by atoms with E-state index in [2.05, 4.69) is 46.4 Å². The Morgan fingerprint density at radius 1 is 1.08 bits per heavy atom.